The molecule has 0 saturated heterocycles. The van der Waals surface area contributed by atoms with Gasteiger partial charge in [0.2, 0.25) is 4.96 Å². The van der Waals surface area contributed by atoms with Crippen LogP contribution in [0.2, 0.25) is 5.02 Å². The molecule has 0 aliphatic heterocycles. The molecule has 0 aliphatic rings. The minimum Gasteiger partial charge on any atom is -0.322 e. The molecule has 0 radical (unpaired) electrons. The van der Waals surface area contributed by atoms with Crippen LogP contribution in [0.4, 0.5) is 0 Å². The molecule has 82 valence electrons. The number of hydrogen-bond donors (Lipinski definition) is 1. The van der Waals surface area contributed by atoms with Gasteiger partial charge in [-0.1, -0.05) is 22.9 Å². The quantitative estimate of drug-likeness (QED) is 0.724. The Labute approximate surface area is 101 Å². The smallest absolute Gasteiger partial charge is 0.217 e. The number of thiazole rings is 1. The lowest BCUT2D eigenvalue weighted by Gasteiger charge is -2.01. The monoisotopic (exact) mass is 252 g/mol. The third-order valence-electron chi connectivity index (χ3n) is 2.43. The summed E-state index contributed by atoms with van der Waals surface area (Å²) in [5.41, 5.74) is 6.92. The number of nitrogens with zero attached hydrogens (tertiary/aromatic N) is 3. The molecule has 4 nitrogen and oxygen atoms in total. The normalized spacial score (nSPS) is 13.7. The molecule has 2 heterocycles. The first kappa shape index (κ1) is 10.0. The van der Waals surface area contributed by atoms with E-state index in [2.05, 4.69) is 10.2 Å². The summed E-state index contributed by atoms with van der Waals surface area (Å²) in [7, 11) is 0. The zero-order valence-electron chi connectivity index (χ0n) is 8.51. The largest absolute Gasteiger partial charge is 0.322 e. The molecule has 1 aromatic carbocycles. The molecule has 3 rings (SSSR count). The maximum atomic E-state index is 5.95. The van der Waals surface area contributed by atoms with Crippen LogP contribution in [0.15, 0.2) is 18.2 Å². The van der Waals surface area contributed by atoms with E-state index in [1.54, 1.807) is 11.3 Å². The first-order valence-electron chi connectivity index (χ1n) is 4.85. The van der Waals surface area contributed by atoms with Crippen LogP contribution in [0.1, 0.15) is 18.8 Å². The first-order chi connectivity index (χ1) is 7.66. The van der Waals surface area contributed by atoms with Gasteiger partial charge in [-0.3, -0.25) is 4.40 Å². The van der Waals surface area contributed by atoms with Gasteiger partial charge in [0.25, 0.3) is 0 Å². The molecule has 0 amide bonds. The van der Waals surface area contributed by atoms with Gasteiger partial charge in [0.15, 0.2) is 5.82 Å². The van der Waals surface area contributed by atoms with Crippen molar-refractivity contribution in [3.05, 3.63) is 29.0 Å². The minimum absolute atomic E-state index is 0.136. The Kier molecular flexibility index (Phi) is 2.14. The lowest BCUT2D eigenvalue weighted by molar-refractivity contribution is 0.732. The fourth-order valence-electron chi connectivity index (χ4n) is 1.72. The summed E-state index contributed by atoms with van der Waals surface area (Å²) in [5.74, 6) is 0.781. The van der Waals surface area contributed by atoms with Crippen molar-refractivity contribution in [1.82, 2.24) is 14.6 Å². The van der Waals surface area contributed by atoms with E-state index in [0.29, 0.717) is 0 Å². The van der Waals surface area contributed by atoms with Gasteiger partial charge in [0.05, 0.1) is 16.3 Å². The van der Waals surface area contributed by atoms with Crippen LogP contribution in [0, 0.1) is 0 Å². The third kappa shape index (κ3) is 1.32. The summed E-state index contributed by atoms with van der Waals surface area (Å²) in [4.78, 5) is 0.851. The number of benzene rings is 1. The van der Waals surface area contributed by atoms with Crippen molar-refractivity contribution in [3.63, 3.8) is 0 Å². The maximum Gasteiger partial charge on any atom is 0.217 e. The van der Waals surface area contributed by atoms with Crippen molar-refractivity contribution in [2.24, 2.45) is 5.73 Å². The molecule has 2 N–H and O–H groups in total. The van der Waals surface area contributed by atoms with Crippen molar-refractivity contribution in [2.45, 2.75) is 13.0 Å². The molecule has 0 aliphatic carbocycles. The van der Waals surface area contributed by atoms with Gasteiger partial charge < -0.3 is 5.73 Å². The molecule has 1 atom stereocenters. The van der Waals surface area contributed by atoms with Gasteiger partial charge in [-0.25, -0.2) is 0 Å². The molecule has 3 aromatic rings. The molecule has 0 saturated carbocycles. The highest BCUT2D eigenvalue weighted by Gasteiger charge is 2.14. The average Bonchev–Trinajstić information content (AvgIpc) is 2.74. The van der Waals surface area contributed by atoms with Crippen LogP contribution in [-0.4, -0.2) is 14.6 Å². The summed E-state index contributed by atoms with van der Waals surface area (Å²) < 4.78 is 3.08. The highest BCUT2D eigenvalue weighted by Crippen LogP contribution is 2.29. The van der Waals surface area contributed by atoms with E-state index < -0.39 is 0 Å². The van der Waals surface area contributed by atoms with Gasteiger partial charge in [-0.15, -0.1) is 10.2 Å². The molecule has 2 aromatic heterocycles. The molecule has 1 unspecified atom stereocenters. The fourth-order valence-corrected chi connectivity index (χ4v) is 2.97. The number of aromatic nitrogens is 3. The highest BCUT2D eigenvalue weighted by molar-refractivity contribution is 7.23. The number of halogens is 1. The Morgan fingerprint density at radius 3 is 3.00 bits per heavy atom. The van der Waals surface area contributed by atoms with Crippen LogP contribution in [0.25, 0.3) is 15.2 Å². The Morgan fingerprint density at radius 1 is 1.44 bits per heavy atom. The lowest BCUT2D eigenvalue weighted by atomic mass is 10.3. The van der Waals surface area contributed by atoms with Crippen LogP contribution < -0.4 is 5.73 Å². The van der Waals surface area contributed by atoms with Crippen molar-refractivity contribution < 1.29 is 0 Å². The molecule has 0 fully saturated rings. The van der Waals surface area contributed by atoms with E-state index in [1.807, 2.05) is 29.5 Å². The fraction of sp³-hybridized carbons (Fsp3) is 0.200. The predicted octanol–water partition coefficient (Wildman–Crippen LogP) is 2.62. The Bertz CT molecular complexity index is 670. The van der Waals surface area contributed by atoms with Crippen LogP contribution in [0.3, 0.4) is 0 Å². The summed E-state index contributed by atoms with van der Waals surface area (Å²) in [6.45, 7) is 1.90. The van der Waals surface area contributed by atoms with E-state index in [0.717, 1.165) is 26.0 Å². The van der Waals surface area contributed by atoms with E-state index in [-0.39, 0.29) is 6.04 Å². The van der Waals surface area contributed by atoms with Crippen molar-refractivity contribution in [2.75, 3.05) is 0 Å². The predicted molar refractivity (Wildman–Crippen MR) is 66.0 cm³/mol. The summed E-state index contributed by atoms with van der Waals surface area (Å²) in [5, 5.41) is 8.94. The van der Waals surface area contributed by atoms with E-state index in [4.69, 9.17) is 17.3 Å². The van der Waals surface area contributed by atoms with Gasteiger partial charge >= 0.3 is 0 Å². The molecule has 0 bridgehead atoms. The molecular weight excluding hydrogens is 244 g/mol. The number of hydrogen-bond acceptors (Lipinski definition) is 4. The van der Waals surface area contributed by atoms with Crippen molar-refractivity contribution >= 4 is 38.1 Å². The molecular formula is C10H9ClN4S. The second-order valence-corrected chi connectivity index (χ2v) is 5.12. The third-order valence-corrected chi connectivity index (χ3v) is 3.66. The highest BCUT2D eigenvalue weighted by atomic mass is 35.5. The molecule has 0 spiro atoms. The van der Waals surface area contributed by atoms with Crippen LogP contribution in [-0.2, 0) is 0 Å². The second kappa shape index (κ2) is 3.41. The zero-order valence-corrected chi connectivity index (χ0v) is 10.1. The molecule has 6 heteroatoms. The SMILES string of the molecule is CC(N)c1nnc2sc3cc(Cl)ccc3n12. The lowest BCUT2D eigenvalue weighted by Crippen LogP contribution is -2.09. The first-order valence-corrected chi connectivity index (χ1v) is 6.05. The Morgan fingerprint density at radius 2 is 2.25 bits per heavy atom. The number of nitrogens with two attached hydrogens (primary N) is 1. The molecule has 16 heavy (non-hydrogen) atoms. The number of rotatable bonds is 1. The van der Waals surface area contributed by atoms with Gasteiger partial charge in [0, 0.05) is 5.02 Å². The maximum absolute atomic E-state index is 5.95. The average molecular weight is 253 g/mol. The van der Waals surface area contributed by atoms with Gasteiger partial charge in [-0.05, 0) is 25.1 Å². The van der Waals surface area contributed by atoms with E-state index >= 15 is 0 Å². The Balaban J connectivity index is 2.45. The van der Waals surface area contributed by atoms with Crippen molar-refractivity contribution in [1.29, 1.82) is 0 Å². The van der Waals surface area contributed by atoms with Crippen molar-refractivity contribution in [3.8, 4) is 0 Å². The van der Waals surface area contributed by atoms with E-state index in [1.165, 1.54) is 0 Å². The number of fused-ring (bicyclic) bond motifs is 3. The van der Waals surface area contributed by atoms with E-state index in [9.17, 15) is 0 Å². The standard InChI is InChI=1S/C10H9ClN4S/c1-5(12)9-13-14-10-15(9)7-3-2-6(11)4-8(7)16-10/h2-5H,12H2,1H3. The zero-order chi connectivity index (χ0) is 11.3. The summed E-state index contributed by atoms with van der Waals surface area (Å²) in [6.07, 6.45) is 0. The van der Waals surface area contributed by atoms with Gasteiger partial charge in [-0.2, -0.15) is 0 Å². The van der Waals surface area contributed by atoms with Gasteiger partial charge in [0.1, 0.15) is 0 Å². The minimum atomic E-state index is -0.136. The van der Waals surface area contributed by atoms with Crippen LogP contribution in [0.5, 0.6) is 0 Å². The topological polar surface area (TPSA) is 56.2 Å². The Hall–Kier alpha value is -1.17. The van der Waals surface area contributed by atoms with Crippen LogP contribution >= 0.6 is 22.9 Å². The second-order valence-electron chi connectivity index (χ2n) is 3.68. The summed E-state index contributed by atoms with van der Waals surface area (Å²) >= 11 is 7.52. The summed E-state index contributed by atoms with van der Waals surface area (Å²) in [6, 6.07) is 5.63.